The van der Waals surface area contributed by atoms with Gasteiger partial charge in [-0.3, -0.25) is 9.69 Å². The molecule has 0 aliphatic carbocycles. The Labute approximate surface area is 231 Å². The maximum atomic E-state index is 13.9. The number of aliphatic hydroxyl groups is 1. The zero-order chi connectivity index (χ0) is 29.0. The molecular weight excluding hydrogens is 498 g/mol. The number of hydrogen-bond donors (Lipinski definition) is 2. The number of nitrogens with zero attached hydrogens (tertiary/aromatic N) is 2. The first-order chi connectivity index (χ1) is 18.2. The van der Waals surface area contributed by atoms with Crippen molar-refractivity contribution >= 4 is 18.1 Å². The molecule has 9 nitrogen and oxygen atoms in total. The van der Waals surface area contributed by atoms with Gasteiger partial charge in [-0.2, -0.15) is 0 Å². The smallest absolute Gasteiger partial charge is 0.412 e. The summed E-state index contributed by atoms with van der Waals surface area (Å²) in [7, 11) is 0. The Bertz CT molecular complexity index is 1130. The monoisotopic (exact) mass is 539 g/mol. The number of hydrogen-bond acceptors (Lipinski definition) is 6. The lowest BCUT2D eigenvalue weighted by Crippen LogP contribution is -2.58. The van der Waals surface area contributed by atoms with Crippen LogP contribution in [0.15, 0.2) is 60.7 Å². The van der Waals surface area contributed by atoms with Crippen molar-refractivity contribution in [2.75, 3.05) is 0 Å². The van der Waals surface area contributed by atoms with E-state index in [1.54, 1.807) is 53.4 Å². The van der Waals surface area contributed by atoms with Crippen molar-refractivity contribution < 1.29 is 29.0 Å². The highest BCUT2D eigenvalue weighted by molar-refractivity contribution is 5.90. The molecule has 2 aromatic rings. The minimum atomic E-state index is -1.46. The van der Waals surface area contributed by atoms with Crippen molar-refractivity contribution in [2.45, 2.75) is 97.0 Å². The summed E-state index contributed by atoms with van der Waals surface area (Å²) >= 11 is 0. The molecule has 1 aliphatic heterocycles. The summed E-state index contributed by atoms with van der Waals surface area (Å²) < 4.78 is 11.1. The quantitative estimate of drug-likeness (QED) is 0.537. The van der Waals surface area contributed by atoms with E-state index in [1.165, 1.54) is 4.90 Å². The predicted molar refractivity (Wildman–Crippen MR) is 148 cm³/mol. The molecule has 4 atom stereocenters. The van der Waals surface area contributed by atoms with Crippen LogP contribution < -0.4 is 5.32 Å². The number of nitrogens with one attached hydrogen (secondary N) is 1. The number of rotatable bonds is 7. The normalized spacial score (nSPS) is 19.4. The SMILES string of the molecule is CC1N(Cc2ccccc2)C(=O)C(C(O)C(Cc2ccccc2)NC(=O)OC(C)(C)C)N1C(=O)OC(C)(C)C. The molecule has 0 saturated carbocycles. The number of carbonyl (C=O) groups is 3. The minimum absolute atomic E-state index is 0.209. The van der Waals surface area contributed by atoms with Crippen molar-refractivity contribution in [1.29, 1.82) is 0 Å². The Morgan fingerprint density at radius 1 is 0.897 bits per heavy atom. The van der Waals surface area contributed by atoms with Crippen LogP contribution in [0.25, 0.3) is 0 Å². The fraction of sp³-hybridized carbons (Fsp3) is 0.500. The molecule has 2 aromatic carbocycles. The van der Waals surface area contributed by atoms with Crippen LogP contribution in [0.5, 0.6) is 0 Å². The molecule has 0 spiro atoms. The first-order valence-electron chi connectivity index (χ1n) is 13.2. The van der Waals surface area contributed by atoms with E-state index in [1.807, 2.05) is 60.7 Å². The van der Waals surface area contributed by atoms with Gasteiger partial charge in [0.2, 0.25) is 5.91 Å². The molecule has 0 aromatic heterocycles. The second-order valence-electron chi connectivity index (χ2n) is 11.8. The zero-order valence-corrected chi connectivity index (χ0v) is 23.9. The van der Waals surface area contributed by atoms with Crippen LogP contribution in [0.3, 0.4) is 0 Å². The van der Waals surface area contributed by atoms with E-state index >= 15 is 0 Å². The molecule has 9 heteroatoms. The summed E-state index contributed by atoms with van der Waals surface area (Å²) in [6, 6.07) is 16.5. The molecule has 1 saturated heterocycles. The van der Waals surface area contributed by atoms with Gasteiger partial charge in [-0.1, -0.05) is 60.7 Å². The van der Waals surface area contributed by atoms with E-state index in [0.29, 0.717) is 0 Å². The van der Waals surface area contributed by atoms with Crippen molar-refractivity contribution in [3.05, 3.63) is 71.8 Å². The molecule has 1 fully saturated rings. The van der Waals surface area contributed by atoms with Crippen LogP contribution in [0, 0.1) is 0 Å². The molecule has 3 amide bonds. The van der Waals surface area contributed by atoms with Gasteiger partial charge in [0.25, 0.3) is 0 Å². The molecule has 0 bridgehead atoms. The van der Waals surface area contributed by atoms with E-state index in [9.17, 15) is 19.5 Å². The largest absolute Gasteiger partial charge is 0.444 e. The third-order valence-corrected chi connectivity index (χ3v) is 6.23. The first kappa shape index (κ1) is 30.0. The lowest BCUT2D eigenvalue weighted by molar-refractivity contribution is -0.133. The Hall–Kier alpha value is -3.59. The topological polar surface area (TPSA) is 108 Å². The highest BCUT2D eigenvalue weighted by Crippen LogP contribution is 2.30. The van der Waals surface area contributed by atoms with Crippen LogP contribution in [-0.2, 0) is 27.2 Å². The zero-order valence-electron chi connectivity index (χ0n) is 23.9. The second-order valence-corrected chi connectivity index (χ2v) is 11.8. The van der Waals surface area contributed by atoms with E-state index in [2.05, 4.69) is 5.32 Å². The Balaban J connectivity index is 1.98. The third-order valence-electron chi connectivity index (χ3n) is 6.23. The van der Waals surface area contributed by atoms with Gasteiger partial charge in [0.1, 0.15) is 29.5 Å². The molecule has 39 heavy (non-hydrogen) atoms. The average Bonchev–Trinajstić information content (AvgIpc) is 3.07. The number of aliphatic hydroxyl groups excluding tert-OH is 1. The molecular formula is C30H41N3O6. The van der Waals surface area contributed by atoms with Crippen molar-refractivity contribution in [3.63, 3.8) is 0 Å². The molecule has 4 unspecified atom stereocenters. The van der Waals surface area contributed by atoms with Crippen molar-refractivity contribution in [1.82, 2.24) is 15.1 Å². The second kappa shape index (κ2) is 12.1. The summed E-state index contributed by atoms with van der Waals surface area (Å²) in [4.78, 5) is 42.9. The van der Waals surface area contributed by atoms with Crippen molar-refractivity contribution in [2.24, 2.45) is 0 Å². The Morgan fingerprint density at radius 3 is 1.92 bits per heavy atom. The third kappa shape index (κ3) is 8.20. The summed E-state index contributed by atoms with van der Waals surface area (Å²) in [5, 5.41) is 14.5. The molecule has 0 radical (unpaired) electrons. The van der Waals surface area contributed by atoms with Crippen LogP contribution in [-0.4, -0.2) is 68.6 Å². The van der Waals surface area contributed by atoms with Gasteiger partial charge in [0.15, 0.2) is 0 Å². The maximum Gasteiger partial charge on any atom is 0.412 e. The fourth-order valence-electron chi connectivity index (χ4n) is 4.54. The highest BCUT2D eigenvalue weighted by Gasteiger charge is 2.52. The van der Waals surface area contributed by atoms with Gasteiger partial charge in [-0.05, 0) is 66.0 Å². The summed E-state index contributed by atoms with van der Waals surface area (Å²) in [6.07, 6.45) is -3.41. The molecule has 1 aliphatic rings. The summed E-state index contributed by atoms with van der Waals surface area (Å²) in [6.45, 7) is 12.4. The predicted octanol–water partition coefficient (Wildman–Crippen LogP) is 4.48. The molecule has 212 valence electrons. The van der Waals surface area contributed by atoms with Crippen LogP contribution in [0.2, 0.25) is 0 Å². The van der Waals surface area contributed by atoms with Gasteiger partial charge < -0.3 is 24.8 Å². The van der Waals surface area contributed by atoms with E-state index in [-0.39, 0.29) is 13.0 Å². The van der Waals surface area contributed by atoms with Gasteiger partial charge in [-0.25, -0.2) is 9.59 Å². The van der Waals surface area contributed by atoms with Crippen molar-refractivity contribution in [3.8, 4) is 0 Å². The van der Waals surface area contributed by atoms with Gasteiger partial charge in [0.05, 0.1) is 6.04 Å². The lowest BCUT2D eigenvalue weighted by atomic mass is 9.95. The average molecular weight is 540 g/mol. The Morgan fingerprint density at radius 2 is 1.41 bits per heavy atom. The van der Waals surface area contributed by atoms with Crippen LogP contribution >= 0.6 is 0 Å². The molecule has 3 rings (SSSR count). The van der Waals surface area contributed by atoms with E-state index < -0.39 is 53.6 Å². The molecule has 1 heterocycles. The van der Waals surface area contributed by atoms with E-state index in [4.69, 9.17) is 9.47 Å². The number of alkyl carbamates (subject to hydrolysis) is 1. The number of benzene rings is 2. The lowest BCUT2D eigenvalue weighted by Gasteiger charge is -2.34. The van der Waals surface area contributed by atoms with Gasteiger partial charge in [-0.15, -0.1) is 0 Å². The van der Waals surface area contributed by atoms with Gasteiger partial charge >= 0.3 is 12.2 Å². The van der Waals surface area contributed by atoms with E-state index in [0.717, 1.165) is 11.1 Å². The summed E-state index contributed by atoms with van der Waals surface area (Å²) in [5.41, 5.74) is 0.130. The van der Waals surface area contributed by atoms with Crippen LogP contribution in [0.1, 0.15) is 59.6 Å². The standard InChI is InChI=1S/C30H41N3O6/c1-20-32(19-22-16-12-9-13-17-22)26(35)24(33(20)28(37)39-30(5,6)7)25(34)23(18-21-14-10-8-11-15-21)31-27(36)38-29(2,3)4/h8-17,20,23-25,34H,18-19H2,1-7H3,(H,31,36). The molecule has 2 N–H and O–H groups in total. The summed E-state index contributed by atoms with van der Waals surface area (Å²) in [5.74, 6) is -0.436. The Kier molecular flexibility index (Phi) is 9.27. The maximum absolute atomic E-state index is 13.9. The van der Waals surface area contributed by atoms with Crippen LogP contribution in [0.4, 0.5) is 9.59 Å². The number of ether oxygens (including phenoxy) is 2. The number of amides is 3. The first-order valence-corrected chi connectivity index (χ1v) is 13.2. The fourth-order valence-corrected chi connectivity index (χ4v) is 4.54. The highest BCUT2D eigenvalue weighted by atomic mass is 16.6. The number of carbonyl (C=O) groups excluding carboxylic acids is 3. The minimum Gasteiger partial charge on any atom is -0.444 e. The van der Waals surface area contributed by atoms with Gasteiger partial charge in [0, 0.05) is 6.54 Å².